The molecule has 166 valence electrons. The number of carbonyl (C=O) groups excluding carboxylic acids is 1. The van der Waals surface area contributed by atoms with Crippen molar-refractivity contribution in [1.82, 2.24) is 9.88 Å². The highest BCUT2D eigenvalue weighted by atomic mass is 16.5. The quantitative estimate of drug-likeness (QED) is 0.660. The molecule has 2 heterocycles. The zero-order valence-electron chi connectivity index (χ0n) is 18.8. The summed E-state index contributed by atoms with van der Waals surface area (Å²) in [6.45, 7) is 4.46. The first-order valence-corrected chi connectivity index (χ1v) is 10.8. The van der Waals surface area contributed by atoms with Gasteiger partial charge in [0, 0.05) is 31.4 Å². The van der Waals surface area contributed by atoms with E-state index in [2.05, 4.69) is 5.32 Å². The molecule has 0 aliphatic carbocycles. The number of benzene rings is 2. The van der Waals surface area contributed by atoms with Gasteiger partial charge in [0.2, 0.25) is 5.91 Å². The van der Waals surface area contributed by atoms with Crippen molar-refractivity contribution >= 4 is 5.91 Å². The van der Waals surface area contributed by atoms with E-state index in [1.54, 1.807) is 24.8 Å². The van der Waals surface area contributed by atoms with Gasteiger partial charge in [0.15, 0.2) is 0 Å². The van der Waals surface area contributed by atoms with Crippen LogP contribution in [0.4, 0.5) is 0 Å². The van der Waals surface area contributed by atoms with E-state index < -0.39 is 12.2 Å². The standard InChI is InChI=1S/C26H28N2O4/c1-5-27-24(29)14-23-20-13-25(30)28(3)15-22(20)19-11-10-18(31-4)12-21(19)26(32-23)17-8-6-16(2)7-9-17/h6-13,15,23,26H,5,14H2,1-4H3,(H,27,29)/t23-,26+/m0/s1. The second-order valence-electron chi connectivity index (χ2n) is 8.12. The minimum atomic E-state index is -0.574. The van der Waals surface area contributed by atoms with Crippen LogP contribution in [0.25, 0.3) is 11.1 Å². The molecule has 3 aromatic rings. The maximum atomic E-state index is 12.6. The molecule has 0 unspecified atom stereocenters. The highest BCUT2D eigenvalue weighted by Crippen LogP contribution is 2.45. The molecule has 0 bridgehead atoms. The lowest BCUT2D eigenvalue weighted by molar-refractivity contribution is -0.124. The van der Waals surface area contributed by atoms with Gasteiger partial charge < -0.3 is 19.4 Å². The van der Waals surface area contributed by atoms with E-state index in [0.717, 1.165) is 39.1 Å². The Balaban J connectivity index is 1.95. The summed E-state index contributed by atoms with van der Waals surface area (Å²) in [7, 11) is 3.36. The van der Waals surface area contributed by atoms with Gasteiger partial charge in [-0.25, -0.2) is 0 Å². The van der Waals surface area contributed by atoms with Gasteiger partial charge in [-0.15, -0.1) is 0 Å². The molecule has 0 spiro atoms. The number of aryl methyl sites for hydroxylation is 2. The smallest absolute Gasteiger partial charge is 0.250 e. The third kappa shape index (κ3) is 4.18. The lowest BCUT2D eigenvalue weighted by atomic mass is 9.91. The summed E-state index contributed by atoms with van der Waals surface area (Å²) in [5, 5.41) is 2.85. The number of methoxy groups -OCH3 is 1. The van der Waals surface area contributed by atoms with Crippen molar-refractivity contribution in [2.24, 2.45) is 7.05 Å². The van der Waals surface area contributed by atoms with Crippen LogP contribution in [0, 0.1) is 6.92 Å². The predicted octanol–water partition coefficient (Wildman–Crippen LogP) is 4.06. The van der Waals surface area contributed by atoms with Gasteiger partial charge in [-0.2, -0.15) is 0 Å². The molecule has 1 aromatic heterocycles. The Morgan fingerprint density at radius 1 is 1.09 bits per heavy atom. The second-order valence-corrected chi connectivity index (χ2v) is 8.12. The summed E-state index contributed by atoms with van der Waals surface area (Å²) in [6, 6.07) is 15.6. The van der Waals surface area contributed by atoms with Gasteiger partial charge in [-0.05, 0) is 48.2 Å². The summed E-state index contributed by atoms with van der Waals surface area (Å²) >= 11 is 0. The molecule has 0 fully saturated rings. The minimum absolute atomic E-state index is 0.115. The number of hydrogen-bond donors (Lipinski definition) is 1. The average Bonchev–Trinajstić information content (AvgIpc) is 2.90. The zero-order valence-corrected chi connectivity index (χ0v) is 18.8. The number of aromatic nitrogens is 1. The summed E-state index contributed by atoms with van der Waals surface area (Å²) < 4.78 is 13.7. The monoisotopic (exact) mass is 432 g/mol. The van der Waals surface area contributed by atoms with Gasteiger partial charge in [-0.3, -0.25) is 9.59 Å². The first-order valence-electron chi connectivity index (χ1n) is 10.8. The lowest BCUT2D eigenvalue weighted by Crippen LogP contribution is -2.26. The zero-order chi connectivity index (χ0) is 22.8. The normalized spacial score (nSPS) is 17.1. The van der Waals surface area contributed by atoms with Gasteiger partial charge >= 0.3 is 0 Å². The number of ether oxygens (including phenoxy) is 2. The number of fused-ring (bicyclic) bond motifs is 3. The van der Waals surface area contributed by atoms with E-state index in [4.69, 9.17) is 9.47 Å². The summed E-state index contributed by atoms with van der Waals surface area (Å²) in [5.74, 6) is 0.605. The fourth-order valence-electron chi connectivity index (χ4n) is 4.17. The number of carbonyl (C=O) groups is 1. The molecule has 1 aliphatic heterocycles. The van der Waals surface area contributed by atoms with E-state index in [-0.39, 0.29) is 17.9 Å². The third-order valence-corrected chi connectivity index (χ3v) is 5.86. The van der Waals surface area contributed by atoms with E-state index in [1.165, 1.54) is 0 Å². The number of hydrogen-bond acceptors (Lipinski definition) is 4. The molecular formula is C26H28N2O4. The molecule has 0 radical (unpaired) electrons. The second kappa shape index (κ2) is 9.01. The number of pyridine rings is 1. The molecule has 4 rings (SSSR count). The van der Waals surface area contributed by atoms with E-state index in [1.807, 2.05) is 62.5 Å². The molecule has 2 aromatic carbocycles. The molecule has 6 nitrogen and oxygen atoms in total. The first-order chi connectivity index (χ1) is 15.4. The maximum Gasteiger partial charge on any atom is 0.250 e. The molecule has 1 N–H and O–H groups in total. The molecule has 32 heavy (non-hydrogen) atoms. The van der Waals surface area contributed by atoms with Crippen LogP contribution in [-0.4, -0.2) is 24.1 Å². The van der Waals surface area contributed by atoms with Crippen molar-refractivity contribution in [3.05, 3.63) is 87.3 Å². The minimum Gasteiger partial charge on any atom is -0.497 e. The Bertz CT molecular complexity index is 1200. The van der Waals surface area contributed by atoms with Crippen LogP contribution in [-0.2, 0) is 16.6 Å². The van der Waals surface area contributed by atoms with Crippen molar-refractivity contribution in [3.8, 4) is 16.9 Å². The summed E-state index contributed by atoms with van der Waals surface area (Å²) in [6.07, 6.45) is 0.957. The Kier molecular flexibility index (Phi) is 6.15. The summed E-state index contributed by atoms with van der Waals surface area (Å²) in [4.78, 5) is 25.1. The van der Waals surface area contributed by atoms with Gasteiger partial charge in [-0.1, -0.05) is 35.9 Å². The Morgan fingerprint density at radius 2 is 1.84 bits per heavy atom. The lowest BCUT2D eigenvalue weighted by Gasteiger charge is -2.24. The largest absolute Gasteiger partial charge is 0.497 e. The van der Waals surface area contributed by atoms with Crippen molar-refractivity contribution < 1.29 is 14.3 Å². The van der Waals surface area contributed by atoms with Crippen LogP contribution in [0.5, 0.6) is 5.75 Å². The summed E-state index contributed by atoms with van der Waals surface area (Å²) in [5.41, 5.74) is 5.49. The Hall–Kier alpha value is -3.38. The highest BCUT2D eigenvalue weighted by Gasteiger charge is 2.32. The number of amides is 1. The average molecular weight is 433 g/mol. The maximum absolute atomic E-state index is 12.6. The number of nitrogens with one attached hydrogen (secondary N) is 1. The first kappa shape index (κ1) is 21.8. The van der Waals surface area contributed by atoms with Crippen molar-refractivity contribution in [2.75, 3.05) is 13.7 Å². The third-order valence-electron chi connectivity index (χ3n) is 5.86. The van der Waals surface area contributed by atoms with Gasteiger partial charge in [0.05, 0.1) is 19.6 Å². The molecule has 6 heteroatoms. The van der Waals surface area contributed by atoms with Crippen LogP contribution in [0.2, 0.25) is 0 Å². The fraction of sp³-hybridized carbons (Fsp3) is 0.308. The molecule has 2 atom stereocenters. The molecular weight excluding hydrogens is 404 g/mol. The van der Waals surface area contributed by atoms with E-state index in [0.29, 0.717) is 6.54 Å². The van der Waals surface area contributed by atoms with Crippen LogP contribution < -0.4 is 15.6 Å². The van der Waals surface area contributed by atoms with Crippen LogP contribution in [0.15, 0.2) is 59.5 Å². The van der Waals surface area contributed by atoms with Crippen molar-refractivity contribution in [3.63, 3.8) is 0 Å². The van der Waals surface area contributed by atoms with Crippen molar-refractivity contribution in [1.29, 1.82) is 0 Å². The van der Waals surface area contributed by atoms with Crippen LogP contribution in [0.3, 0.4) is 0 Å². The highest BCUT2D eigenvalue weighted by molar-refractivity contribution is 5.79. The number of rotatable bonds is 5. The van der Waals surface area contributed by atoms with E-state index in [9.17, 15) is 9.59 Å². The van der Waals surface area contributed by atoms with Gasteiger partial charge in [0.1, 0.15) is 11.9 Å². The topological polar surface area (TPSA) is 69.6 Å². The SMILES string of the molecule is CCNC(=O)C[C@@H]1O[C@H](c2ccc(C)cc2)c2cc(OC)ccc2-c2cn(C)c(=O)cc21. The van der Waals surface area contributed by atoms with Crippen LogP contribution >= 0.6 is 0 Å². The molecule has 0 saturated carbocycles. The van der Waals surface area contributed by atoms with Gasteiger partial charge in [0.25, 0.3) is 5.56 Å². The van der Waals surface area contributed by atoms with Crippen molar-refractivity contribution in [2.45, 2.75) is 32.5 Å². The Labute approximate surface area is 187 Å². The predicted molar refractivity (Wildman–Crippen MR) is 124 cm³/mol. The molecule has 1 aliphatic rings. The Morgan fingerprint density at radius 3 is 2.53 bits per heavy atom. The molecule has 0 saturated heterocycles. The molecule has 1 amide bonds. The van der Waals surface area contributed by atoms with E-state index >= 15 is 0 Å². The fourth-order valence-corrected chi connectivity index (χ4v) is 4.17. The van der Waals surface area contributed by atoms with Crippen LogP contribution in [0.1, 0.15) is 47.8 Å². The number of nitrogens with zero attached hydrogens (tertiary/aromatic N) is 1.